The molecule has 2 rings (SSSR count). The Hall–Kier alpha value is -0.820. The molecule has 1 heteroatoms. The summed E-state index contributed by atoms with van der Waals surface area (Å²) in [5, 5.41) is 3.73. The molecule has 3 atom stereocenters. The lowest BCUT2D eigenvalue weighted by Gasteiger charge is -2.20. The van der Waals surface area contributed by atoms with Gasteiger partial charge in [-0.2, -0.15) is 0 Å². The molecule has 1 saturated carbocycles. The first kappa shape index (κ1) is 15.6. The Morgan fingerprint density at radius 1 is 1.10 bits per heavy atom. The summed E-state index contributed by atoms with van der Waals surface area (Å²) in [5.41, 5.74) is 2.88. The van der Waals surface area contributed by atoms with Gasteiger partial charge in [0.05, 0.1) is 0 Å². The van der Waals surface area contributed by atoms with Gasteiger partial charge < -0.3 is 5.32 Å². The van der Waals surface area contributed by atoms with E-state index in [1.807, 2.05) is 0 Å². The number of rotatable bonds is 6. The van der Waals surface area contributed by atoms with Crippen molar-refractivity contribution in [1.29, 1.82) is 0 Å². The van der Waals surface area contributed by atoms with Crippen molar-refractivity contribution in [3.8, 4) is 0 Å². The highest BCUT2D eigenvalue weighted by molar-refractivity contribution is 5.25. The summed E-state index contributed by atoms with van der Waals surface area (Å²) in [7, 11) is 0. The molecule has 0 aliphatic heterocycles. The summed E-state index contributed by atoms with van der Waals surface area (Å²) in [6, 6.07) is 9.66. The number of hydrogen-bond acceptors (Lipinski definition) is 1. The van der Waals surface area contributed by atoms with Gasteiger partial charge in [0.1, 0.15) is 0 Å². The predicted molar refractivity (Wildman–Crippen MR) is 87.9 cm³/mol. The molecule has 1 aromatic rings. The van der Waals surface area contributed by atoms with Gasteiger partial charge in [-0.1, -0.05) is 57.9 Å². The van der Waals surface area contributed by atoms with E-state index in [1.165, 1.54) is 43.4 Å². The van der Waals surface area contributed by atoms with E-state index in [9.17, 15) is 0 Å². The monoisotopic (exact) mass is 273 g/mol. The van der Waals surface area contributed by atoms with Crippen molar-refractivity contribution >= 4 is 0 Å². The minimum atomic E-state index is 0.468. The van der Waals surface area contributed by atoms with Crippen LogP contribution < -0.4 is 5.32 Å². The van der Waals surface area contributed by atoms with Crippen molar-refractivity contribution in [3.05, 3.63) is 35.4 Å². The van der Waals surface area contributed by atoms with Crippen molar-refractivity contribution in [2.75, 3.05) is 6.54 Å². The first-order valence-electron chi connectivity index (χ1n) is 8.38. The molecule has 0 aromatic heterocycles. The van der Waals surface area contributed by atoms with Crippen LogP contribution in [0.1, 0.15) is 64.1 Å². The third kappa shape index (κ3) is 4.34. The van der Waals surface area contributed by atoms with Gasteiger partial charge in [0, 0.05) is 6.04 Å². The Morgan fingerprint density at radius 3 is 2.35 bits per heavy atom. The number of nitrogens with one attached hydrogen (secondary N) is 1. The van der Waals surface area contributed by atoms with E-state index in [-0.39, 0.29) is 0 Å². The smallest absolute Gasteiger partial charge is 0.0291 e. The quantitative estimate of drug-likeness (QED) is 0.771. The second kappa shape index (κ2) is 7.26. The van der Waals surface area contributed by atoms with Gasteiger partial charge in [-0.05, 0) is 55.2 Å². The Balaban J connectivity index is 1.84. The number of hydrogen-bond donors (Lipinski definition) is 1. The molecule has 1 N–H and O–H groups in total. The van der Waals surface area contributed by atoms with E-state index in [1.54, 1.807) is 0 Å². The second-order valence-corrected chi connectivity index (χ2v) is 7.14. The van der Waals surface area contributed by atoms with E-state index in [2.05, 4.69) is 57.3 Å². The molecule has 0 spiro atoms. The molecule has 1 aromatic carbocycles. The van der Waals surface area contributed by atoms with E-state index >= 15 is 0 Å². The van der Waals surface area contributed by atoms with Crippen LogP contribution in [0.5, 0.6) is 0 Å². The zero-order valence-corrected chi connectivity index (χ0v) is 13.7. The molecule has 112 valence electrons. The van der Waals surface area contributed by atoms with Crippen LogP contribution in [0, 0.1) is 17.8 Å². The molecule has 1 nitrogen and oxygen atoms in total. The summed E-state index contributed by atoms with van der Waals surface area (Å²) in [4.78, 5) is 0. The molecule has 0 saturated heterocycles. The van der Waals surface area contributed by atoms with Crippen molar-refractivity contribution in [3.63, 3.8) is 0 Å². The Bertz CT molecular complexity index is 393. The van der Waals surface area contributed by atoms with Crippen LogP contribution in [0.3, 0.4) is 0 Å². The first-order chi connectivity index (χ1) is 9.56. The van der Waals surface area contributed by atoms with E-state index in [0.717, 1.165) is 17.8 Å². The van der Waals surface area contributed by atoms with Gasteiger partial charge in [0.2, 0.25) is 0 Å². The average Bonchev–Trinajstić information content (AvgIpc) is 2.82. The maximum Gasteiger partial charge on any atom is 0.0291 e. The van der Waals surface area contributed by atoms with E-state index in [0.29, 0.717) is 6.04 Å². The van der Waals surface area contributed by atoms with Crippen LogP contribution in [0.25, 0.3) is 0 Å². The Morgan fingerprint density at radius 2 is 1.80 bits per heavy atom. The van der Waals surface area contributed by atoms with E-state index in [4.69, 9.17) is 0 Å². The molecule has 0 radical (unpaired) electrons. The fourth-order valence-electron chi connectivity index (χ4n) is 3.39. The van der Waals surface area contributed by atoms with Gasteiger partial charge in [0.15, 0.2) is 0 Å². The van der Waals surface area contributed by atoms with Crippen LogP contribution in [-0.4, -0.2) is 6.54 Å². The third-order valence-corrected chi connectivity index (χ3v) is 4.85. The maximum absolute atomic E-state index is 3.73. The molecular weight excluding hydrogens is 242 g/mol. The topological polar surface area (TPSA) is 12.0 Å². The van der Waals surface area contributed by atoms with Crippen LogP contribution in [0.15, 0.2) is 24.3 Å². The van der Waals surface area contributed by atoms with Gasteiger partial charge in [-0.25, -0.2) is 0 Å². The minimum absolute atomic E-state index is 0.468. The number of benzene rings is 1. The lowest BCUT2D eigenvalue weighted by Crippen LogP contribution is -2.27. The van der Waals surface area contributed by atoms with Crippen LogP contribution in [-0.2, 0) is 6.42 Å². The molecule has 1 aliphatic carbocycles. The van der Waals surface area contributed by atoms with Gasteiger partial charge in [-0.15, -0.1) is 0 Å². The molecule has 1 fully saturated rings. The highest BCUT2D eigenvalue weighted by atomic mass is 14.9. The second-order valence-electron chi connectivity index (χ2n) is 7.14. The summed E-state index contributed by atoms with van der Waals surface area (Å²) >= 11 is 0. The summed E-state index contributed by atoms with van der Waals surface area (Å²) in [5.74, 6) is 2.53. The Labute approximate surface area is 125 Å². The van der Waals surface area contributed by atoms with Gasteiger partial charge >= 0.3 is 0 Å². The van der Waals surface area contributed by atoms with Crippen molar-refractivity contribution < 1.29 is 0 Å². The SMILES string of the molecule is CC(C)Cc1ccc(C(C)NCC2CCCC2C)cc1. The van der Waals surface area contributed by atoms with Crippen LogP contribution in [0.2, 0.25) is 0 Å². The highest BCUT2D eigenvalue weighted by Gasteiger charge is 2.23. The lowest BCUT2D eigenvalue weighted by molar-refractivity contribution is 0.375. The average molecular weight is 273 g/mol. The van der Waals surface area contributed by atoms with Crippen molar-refractivity contribution in [1.82, 2.24) is 5.32 Å². The molecule has 0 bridgehead atoms. The third-order valence-electron chi connectivity index (χ3n) is 4.85. The molecular formula is C19H31N. The Kier molecular flexibility index (Phi) is 5.65. The van der Waals surface area contributed by atoms with Crippen LogP contribution in [0.4, 0.5) is 0 Å². The lowest BCUT2D eigenvalue weighted by atomic mass is 9.97. The maximum atomic E-state index is 3.73. The predicted octanol–water partition coefficient (Wildman–Crippen LogP) is 4.97. The fraction of sp³-hybridized carbons (Fsp3) is 0.684. The van der Waals surface area contributed by atoms with Crippen molar-refractivity contribution in [2.24, 2.45) is 17.8 Å². The fourth-order valence-corrected chi connectivity index (χ4v) is 3.39. The minimum Gasteiger partial charge on any atom is -0.310 e. The van der Waals surface area contributed by atoms with Gasteiger partial charge in [-0.3, -0.25) is 0 Å². The summed E-state index contributed by atoms with van der Waals surface area (Å²) in [6.45, 7) is 10.4. The first-order valence-corrected chi connectivity index (χ1v) is 8.38. The molecule has 3 unspecified atom stereocenters. The molecule has 1 aliphatic rings. The zero-order chi connectivity index (χ0) is 14.5. The molecule has 0 amide bonds. The van der Waals surface area contributed by atoms with Crippen LogP contribution >= 0.6 is 0 Å². The van der Waals surface area contributed by atoms with Crippen molar-refractivity contribution in [2.45, 2.75) is 59.4 Å². The molecule has 20 heavy (non-hydrogen) atoms. The van der Waals surface area contributed by atoms with E-state index < -0.39 is 0 Å². The summed E-state index contributed by atoms with van der Waals surface area (Å²) in [6.07, 6.45) is 5.44. The standard InChI is InChI=1S/C19H31N/c1-14(2)12-17-8-10-18(11-9-17)16(4)20-13-19-7-5-6-15(19)3/h8-11,14-16,19-20H,5-7,12-13H2,1-4H3. The normalized spacial score (nSPS) is 24.2. The highest BCUT2D eigenvalue weighted by Crippen LogP contribution is 2.31. The zero-order valence-electron chi connectivity index (χ0n) is 13.7. The molecule has 0 heterocycles. The van der Waals surface area contributed by atoms with Gasteiger partial charge in [0.25, 0.3) is 0 Å². The largest absolute Gasteiger partial charge is 0.310 e. The summed E-state index contributed by atoms with van der Waals surface area (Å²) < 4.78 is 0.